The SMILES string of the molecule is CCc1nc2c(cnn2CC)c(NC2CCOCC2)c1CNC(=O)Cc1cccc(NC(C)=O)c1. The second kappa shape index (κ2) is 11.3. The van der Waals surface area contributed by atoms with Crippen LogP contribution in [-0.2, 0) is 40.3 Å². The zero-order valence-corrected chi connectivity index (χ0v) is 20.7. The van der Waals surface area contributed by atoms with E-state index in [2.05, 4.69) is 34.9 Å². The third kappa shape index (κ3) is 5.97. The van der Waals surface area contributed by atoms with Crippen LogP contribution in [0.3, 0.4) is 0 Å². The quantitative estimate of drug-likeness (QED) is 0.435. The monoisotopic (exact) mass is 478 g/mol. The summed E-state index contributed by atoms with van der Waals surface area (Å²) in [6, 6.07) is 7.65. The van der Waals surface area contributed by atoms with Gasteiger partial charge < -0.3 is 20.7 Å². The van der Waals surface area contributed by atoms with Crippen molar-refractivity contribution in [3.8, 4) is 0 Å². The van der Waals surface area contributed by atoms with Crippen LogP contribution in [0, 0.1) is 0 Å². The summed E-state index contributed by atoms with van der Waals surface area (Å²) in [4.78, 5) is 29.1. The van der Waals surface area contributed by atoms with E-state index in [1.165, 1.54) is 6.92 Å². The number of ether oxygens (including phenoxy) is 1. The Hall–Kier alpha value is -3.46. The van der Waals surface area contributed by atoms with Gasteiger partial charge in [-0.1, -0.05) is 19.1 Å². The van der Waals surface area contributed by atoms with Crippen molar-refractivity contribution >= 4 is 34.2 Å². The Bertz CT molecular complexity index is 1200. The second-order valence-electron chi connectivity index (χ2n) is 8.83. The molecular formula is C26H34N6O3. The molecule has 0 saturated carbocycles. The molecule has 3 heterocycles. The van der Waals surface area contributed by atoms with Crippen molar-refractivity contribution in [3.63, 3.8) is 0 Å². The van der Waals surface area contributed by atoms with E-state index in [1.54, 1.807) is 0 Å². The minimum Gasteiger partial charge on any atom is -0.381 e. The standard InChI is InChI=1S/C26H34N6O3/c1-4-23-21(15-27-24(34)14-18-7-6-8-20(13-18)29-17(3)33)25(30-19-9-11-35-12-10-19)22-16-28-32(5-2)26(22)31-23/h6-8,13,16,19H,4-5,9-12,14-15H2,1-3H3,(H,27,34)(H,29,33)(H,30,31). The highest BCUT2D eigenvalue weighted by molar-refractivity contribution is 5.92. The Morgan fingerprint density at radius 3 is 2.71 bits per heavy atom. The van der Waals surface area contributed by atoms with Crippen LogP contribution in [0.1, 0.15) is 50.4 Å². The van der Waals surface area contributed by atoms with Gasteiger partial charge in [-0.25, -0.2) is 9.67 Å². The van der Waals surface area contributed by atoms with Crippen LogP contribution in [-0.4, -0.2) is 45.8 Å². The number of carbonyl (C=O) groups excluding carboxylic acids is 2. The molecule has 3 aromatic rings. The molecule has 1 saturated heterocycles. The normalized spacial score (nSPS) is 14.1. The topological polar surface area (TPSA) is 110 Å². The molecule has 0 unspecified atom stereocenters. The molecule has 1 aliphatic heterocycles. The summed E-state index contributed by atoms with van der Waals surface area (Å²) < 4.78 is 7.45. The molecule has 9 heteroatoms. The lowest BCUT2D eigenvalue weighted by Crippen LogP contribution is -2.30. The lowest BCUT2D eigenvalue weighted by Gasteiger charge is -2.26. The van der Waals surface area contributed by atoms with Gasteiger partial charge in [-0.3, -0.25) is 9.59 Å². The molecule has 3 N–H and O–H groups in total. The number of aromatic nitrogens is 3. The van der Waals surface area contributed by atoms with Crippen molar-refractivity contribution in [2.75, 3.05) is 23.8 Å². The van der Waals surface area contributed by atoms with Crippen molar-refractivity contribution in [2.45, 2.75) is 65.6 Å². The first-order valence-electron chi connectivity index (χ1n) is 12.3. The van der Waals surface area contributed by atoms with Gasteiger partial charge >= 0.3 is 0 Å². The maximum atomic E-state index is 12.9. The number of hydrogen-bond donors (Lipinski definition) is 3. The largest absolute Gasteiger partial charge is 0.381 e. The maximum Gasteiger partial charge on any atom is 0.224 e. The van der Waals surface area contributed by atoms with Crippen LogP contribution in [0.15, 0.2) is 30.5 Å². The highest BCUT2D eigenvalue weighted by atomic mass is 16.5. The van der Waals surface area contributed by atoms with E-state index in [0.29, 0.717) is 18.3 Å². The fraction of sp³-hybridized carbons (Fsp3) is 0.462. The number of carbonyl (C=O) groups is 2. The summed E-state index contributed by atoms with van der Waals surface area (Å²) in [6.07, 6.45) is 4.71. The van der Waals surface area contributed by atoms with Gasteiger partial charge in [0.25, 0.3) is 0 Å². The van der Waals surface area contributed by atoms with Gasteiger partial charge in [-0.15, -0.1) is 0 Å². The van der Waals surface area contributed by atoms with E-state index in [4.69, 9.17) is 9.72 Å². The number of pyridine rings is 1. The number of aryl methyl sites for hydroxylation is 2. The lowest BCUT2D eigenvalue weighted by atomic mass is 10.0. The summed E-state index contributed by atoms with van der Waals surface area (Å²) in [6.45, 7) is 8.20. The zero-order valence-electron chi connectivity index (χ0n) is 20.7. The van der Waals surface area contributed by atoms with Gasteiger partial charge in [0, 0.05) is 56.2 Å². The number of anilines is 2. The number of amides is 2. The average molecular weight is 479 g/mol. The predicted molar refractivity (Wildman–Crippen MR) is 136 cm³/mol. The molecule has 0 atom stereocenters. The second-order valence-corrected chi connectivity index (χ2v) is 8.83. The average Bonchev–Trinajstić information content (AvgIpc) is 3.26. The van der Waals surface area contributed by atoms with E-state index in [9.17, 15) is 9.59 Å². The van der Waals surface area contributed by atoms with Crippen molar-refractivity contribution in [2.24, 2.45) is 0 Å². The molecule has 0 spiro atoms. The summed E-state index contributed by atoms with van der Waals surface area (Å²) in [7, 11) is 0. The third-order valence-corrected chi connectivity index (χ3v) is 6.25. The lowest BCUT2D eigenvalue weighted by molar-refractivity contribution is -0.120. The van der Waals surface area contributed by atoms with Crippen LogP contribution in [0.5, 0.6) is 0 Å². The van der Waals surface area contributed by atoms with Crippen LogP contribution < -0.4 is 16.0 Å². The van der Waals surface area contributed by atoms with E-state index >= 15 is 0 Å². The molecule has 186 valence electrons. The first-order chi connectivity index (χ1) is 17.0. The van der Waals surface area contributed by atoms with Crippen molar-refractivity contribution in [1.82, 2.24) is 20.1 Å². The number of benzene rings is 1. The highest BCUT2D eigenvalue weighted by Gasteiger charge is 2.22. The number of hydrogen-bond acceptors (Lipinski definition) is 6. The van der Waals surface area contributed by atoms with Gasteiger partial charge in [0.15, 0.2) is 5.65 Å². The Morgan fingerprint density at radius 2 is 2.00 bits per heavy atom. The predicted octanol–water partition coefficient (Wildman–Crippen LogP) is 3.42. The first-order valence-corrected chi connectivity index (χ1v) is 12.3. The van der Waals surface area contributed by atoms with Crippen molar-refractivity contribution in [3.05, 3.63) is 47.3 Å². The molecular weight excluding hydrogens is 444 g/mol. The fourth-order valence-electron chi connectivity index (χ4n) is 4.50. The number of nitrogens with one attached hydrogen (secondary N) is 3. The summed E-state index contributed by atoms with van der Waals surface area (Å²) in [5, 5.41) is 15.1. The van der Waals surface area contributed by atoms with Crippen LogP contribution in [0.25, 0.3) is 11.0 Å². The minimum atomic E-state index is -0.141. The van der Waals surface area contributed by atoms with Crippen molar-refractivity contribution < 1.29 is 14.3 Å². The fourth-order valence-corrected chi connectivity index (χ4v) is 4.50. The van der Waals surface area contributed by atoms with Gasteiger partial charge in [0.1, 0.15) is 0 Å². The molecule has 2 amide bonds. The Kier molecular flexibility index (Phi) is 7.97. The molecule has 9 nitrogen and oxygen atoms in total. The molecule has 2 aromatic heterocycles. The van der Waals surface area contributed by atoms with E-state index in [-0.39, 0.29) is 18.2 Å². The molecule has 4 rings (SSSR count). The molecule has 0 radical (unpaired) electrons. The number of rotatable bonds is 9. The van der Waals surface area contributed by atoms with Gasteiger partial charge in [0.05, 0.1) is 23.7 Å². The Balaban J connectivity index is 1.57. The van der Waals surface area contributed by atoms with Crippen LogP contribution in [0.2, 0.25) is 0 Å². The van der Waals surface area contributed by atoms with E-state index < -0.39 is 0 Å². The Labute approximate surface area is 205 Å². The van der Waals surface area contributed by atoms with Gasteiger partial charge in [0.2, 0.25) is 11.8 Å². The summed E-state index contributed by atoms with van der Waals surface area (Å²) >= 11 is 0. The highest BCUT2D eigenvalue weighted by Crippen LogP contribution is 2.31. The van der Waals surface area contributed by atoms with Crippen molar-refractivity contribution in [1.29, 1.82) is 0 Å². The molecule has 0 bridgehead atoms. The molecule has 1 aliphatic rings. The Morgan fingerprint density at radius 1 is 1.20 bits per heavy atom. The van der Waals surface area contributed by atoms with Crippen LogP contribution in [0.4, 0.5) is 11.4 Å². The minimum absolute atomic E-state index is 0.0894. The van der Waals surface area contributed by atoms with E-state index in [1.807, 2.05) is 35.1 Å². The molecule has 35 heavy (non-hydrogen) atoms. The molecule has 1 aromatic carbocycles. The maximum absolute atomic E-state index is 12.9. The van der Waals surface area contributed by atoms with Gasteiger partial charge in [-0.2, -0.15) is 5.10 Å². The van der Waals surface area contributed by atoms with E-state index in [0.717, 1.165) is 72.6 Å². The summed E-state index contributed by atoms with van der Waals surface area (Å²) in [5.74, 6) is -0.231. The molecule has 1 fully saturated rings. The first kappa shape index (κ1) is 24.7. The summed E-state index contributed by atoms with van der Waals surface area (Å²) in [5.41, 5.74) is 5.34. The smallest absolute Gasteiger partial charge is 0.224 e. The number of fused-ring (bicyclic) bond motifs is 1. The third-order valence-electron chi connectivity index (χ3n) is 6.25. The zero-order chi connectivity index (χ0) is 24.8. The number of nitrogens with zero attached hydrogens (tertiary/aromatic N) is 3. The molecule has 0 aliphatic carbocycles. The van der Waals surface area contributed by atoms with Crippen LogP contribution >= 0.6 is 0 Å². The van der Waals surface area contributed by atoms with Gasteiger partial charge in [-0.05, 0) is 43.9 Å².